The summed E-state index contributed by atoms with van der Waals surface area (Å²) in [5.74, 6) is 0. The number of hydrogen-bond acceptors (Lipinski definition) is 2. The second-order valence-corrected chi connectivity index (χ2v) is 7.77. The Balaban J connectivity index is 2.29. The van der Waals surface area contributed by atoms with E-state index in [0.29, 0.717) is 4.90 Å². The van der Waals surface area contributed by atoms with Crippen LogP contribution in [-0.2, 0) is 10.0 Å². The maximum absolute atomic E-state index is 12.5. The van der Waals surface area contributed by atoms with Gasteiger partial charge >= 0.3 is 0 Å². The van der Waals surface area contributed by atoms with Gasteiger partial charge in [-0.2, -0.15) is 0 Å². The van der Waals surface area contributed by atoms with Crippen molar-refractivity contribution in [2.75, 3.05) is 0 Å². The Labute approximate surface area is 134 Å². The van der Waals surface area contributed by atoms with E-state index in [1.807, 2.05) is 57.2 Å². The van der Waals surface area contributed by atoms with Crippen LogP contribution < -0.4 is 4.72 Å². The molecule has 21 heavy (non-hydrogen) atoms. The lowest BCUT2D eigenvalue weighted by molar-refractivity contribution is 0.566. The summed E-state index contributed by atoms with van der Waals surface area (Å²) in [5, 5.41) is 0. The van der Waals surface area contributed by atoms with Gasteiger partial charge in [-0.05, 0) is 50.1 Å². The van der Waals surface area contributed by atoms with E-state index in [9.17, 15) is 8.42 Å². The Kier molecular flexibility index (Phi) is 4.86. The Hall–Kier alpha value is -1.17. The highest BCUT2D eigenvalue weighted by molar-refractivity contribution is 9.10. The van der Waals surface area contributed by atoms with Gasteiger partial charge in [0.05, 0.1) is 4.90 Å². The minimum absolute atomic E-state index is 0.298. The van der Waals surface area contributed by atoms with Crippen molar-refractivity contribution in [3.63, 3.8) is 0 Å². The molecule has 0 saturated heterocycles. The summed E-state index contributed by atoms with van der Waals surface area (Å²) in [4.78, 5) is 0.329. The van der Waals surface area contributed by atoms with Gasteiger partial charge in [0.15, 0.2) is 0 Å². The molecule has 5 heteroatoms. The topological polar surface area (TPSA) is 46.2 Å². The molecule has 0 heterocycles. The van der Waals surface area contributed by atoms with Gasteiger partial charge in [0.1, 0.15) is 0 Å². The second kappa shape index (κ2) is 6.30. The van der Waals surface area contributed by atoms with E-state index in [4.69, 9.17) is 0 Å². The lowest BCUT2D eigenvalue weighted by Gasteiger charge is -2.16. The van der Waals surface area contributed by atoms with Crippen molar-refractivity contribution in [1.29, 1.82) is 0 Å². The summed E-state index contributed by atoms with van der Waals surface area (Å²) in [6.07, 6.45) is 0. The van der Waals surface area contributed by atoms with Crippen LogP contribution in [0.15, 0.2) is 51.8 Å². The van der Waals surface area contributed by atoms with Crippen LogP contribution in [0.5, 0.6) is 0 Å². The lowest BCUT2D eigenvalue weighted by Crippen LogP contribution is -2.27. The predicted octanol–water partition coefficient (Wildman–Crippen LogP) is 4.11. The molecule has 0 spiro atoms. The molecule has 0 aromatic heterocycles. The van der Waals surface area contributed by atoms with E-state index in [2.05, 4.69) is 20.7 Å². The van der Waals surface area contributed by atoms with Gasteiger partial charge in [0, 0.05) is 10.5 Å². The SMILES string of the molecule is Cc1ccc(S(=O)(=O)N[C@H](C)c2cccc(Br)c2)c(C)c1. The Morgan fingerprint density at radius 3 is 2.43 bits per heavy atom. The summed E-state index contributed by atoms with van der Waals surface area (Å²) in [6, 6.07) is 12.7. The number of sulfonamides is 1. The van der Waals surface area contributed by atoms with Crippen molar-refractivity contribution >= 4 is 26.0 Å². The van der Waals surface area contributed by atoms with Crippen LogP contribution in [0, 0.1) is 13.8 Å². The molecule has 0 bridgehead atoms. The zero-order valence-corrected chi connectivity index (χ0v) is 14.6. The Morgan fingerprint density at radius 1 is 1.10 bits per heavy atom. The Morgan fingerprint density at radius 2 is 1.81 bits per heavy atom. The molecule has 0 saturated carbocycles. The van der Waals surface area contributed by atoms with Gasteiger partial charge in [-0.15, -0.1) is 0 Å². The van der Waals surface area contributed by atoms with Gasteiger partial charge in [0.2, 0.25) is 10.0 Å². The first-order valence-electron chi connectivity index (χ1n) is 6.64. The van der Waals surface area contributed by atoms with Crippen LogP contribution in [0.25, 0.3) is 0 Å². The second-order valence-electron chi connectivity index (χ2n) is 5.17. The van der Waals surface area contributed by atoms with Gasteiger partial charge in [-0.3, -0.25) is 0 Å². The van der Waals surface area contributed by atoms with Gasteiger partial charge in [-0.1, -0.05) is 45.8 Å². The molecule has 0 unspecified atom stereocenters. The van der Waals surface area contributed by atoms with E-state index in [0.717, 1.165) is 21.2 Å². The molecule has 3 nitrogen and oxygen atoms in total. The van der Waals surface area contributed by atoms with Crippen molar-refractivity contribution in [1.82, 2.24) is 4.72 Å². The quantitative estimate of drug-likeness (QED) is 0.883. The third-order valence-corrected chi connectivity index (χ3v) is 5.49. The van der Waals surface area contributed by atoms with E-state index in [1.165, 1.54) is 0 Å². The lowest BCUT2D eigenvalue weighted by atomic mass is 10.1. The zero-order valence-electron chi connectivity index (χ0n) is 12.2. The highest BCUT2D eigenvalue weighted by Gasteiger charge is 2.20. The number of aryl methyl sites for hydroxylation is 2. The fourth-order valence-corrected chi connectivity index (χ4v) is 4.12. The maximum atomic E-state index is 12.5. The third-order valence-electron chi connectivity index (χ3n) is 3.30. The average molecular weight is 368 g/mol. The molecule has 1 N–H and O–H groups in total. The van der Waals surface area contributed by atoms with Crippen molar-refractivity contribution in [3.8, 4) is 0 Å². The van der Waals surface area contributed by atoms with Crippen molar-refractivity contribution < 1.29 is 8.42 Å². The van der Waals surface area contributed by atoms with Crippen molar-refractivity contribution in [3.05, 3.63) is 63.6 Å². The first kappa shape index (κ1) is 16.2. The highest BCUT2D eigenvalue weighted by atomic mass is 79.9. The van der Waals surface area contributed by atoms with Crippen LogP contribution in [0.3, 0.4) is 0 Å². The molecule has 112 valence electrons. The molecule has 1 atom stereocenters. The molecule has 2 aromatic carbocycles. The number of hydrogen-bond donors (Lipinski definition) is 1. The van der Waals surface area contributed by atoms with E-state index < -0.39 is 10.0 Å². The van der Waals surface area contributed by atoms with Gasteiger partial charge in [-0.25, -0.2) is 13.1 Å². The van der Waals surface area contributed by atoms with Gasteiger partial charge < -0.3 is 0 Å². The van der Waals surface area contributed by atoms with Crippen LogP contribution in [0.2, 0.25) is 0 Å². The molecular formula is C16H18BrNO2S. The minimum Gasteiger partial charge on any atom is -0.207 e. The van der Waals surface area contributed by atoms with Gasteiger partial charge in [0.25, 0.3) is 0 Å². The smallest absolute Gasteiger partial charge is 0.207 e. The summed E-state index contributed by atoms with van der Waals surface area (Å²) in [5.41, 5.74) is 2.72. The van der Waals surface area contributed by atoms with Crippen LogP contribution in [0.4, 0.5) is 0 Å². The summed E-state index contributed by atoms with van der Waals surface area (Å²) < 4.78 is 28.7. The molecule has 0 amide bonds. The van der Waals surface area contributed by atoms with Crippen LogP contribution >= 0.6 is 15.9 Å². The zero-order chi connectivity index (χ0) is 15.6. The number of nitrogens with one attached hydrogen (secondary N) is 1. The molecule has 2 rings (SSSR count). The fraction of sp³-hybridized carbons (Fsp3) is 0.250. The molecule has 0 fully saturated rings. The molecule has 0 aliphatic rings. The van der Waals surface area contributed by atoms with E-state index in [-0.39, 0.29) is 6.04 Å². The summed E-state index contributed by atoms with van der Waals surface area (Å²) in [6.45, 7) is 5.59. The third kappa shape index (κ3) is 3.93. The minimum atomic E-state index is -3.53. The molecular weight excluding hydrogens is 350 g/mol. The summed E-state index contributed by atoms with van der Waals surface area (Å²) in [7, 11) is -3.53. The molecule has 0 radical (unpaired) electrons. The Bertz CT molecular complexity index is 757. The van der Waals surface area contributed by atoms with Crippen molar-refractivity contribution in [2.45, 2.75) is 31.7 Å². The largest absolute Gasteiger partial charge is 0.241 e. The number of benzene rings is 2. The standard InChI is InChI=1S/C16H18BrNO2S/c1-11-7-8-16(12(2)9-11)21(19,20)18-13(3)14-5-4-6-15(17)10-14/h4-10,13,18H,1-3H3/t13-/m1/s1. The molecule has 0 aliphatic carbocycles. The first-order valence-corrected chi connectivity index (χ1v) is 8.92. The normalized spacial score (nSPS) is 13.1. The van der Waals surface area contributed by atoms with Crippen LogP contribution in [-0.4, -0.2) is 8.42 Å². The summed E-state index contributed by atoms with van der Waals surface area (Å²) >= 11 is 3.40. The maximum Gasteiger partial charge on any atom is 0.241 e. The predicted molar refractivity (Wildman–Crippen MR) is 88.8 cm³/mol. The van der Waals surface area contributed by atoms with Crippen molar-refractivity contribution in [2.24, 2.45) is 0 Å². The highest BCUT2D eigenvalue weighted by Crippen LogP contribution is 2.22. The fourth-order valence-electron chi connectivity index (χ4n) is 2.24. The molecule has 0 aliphatic heterocycles. The van der Waals surface area contributed by atoms with E-state index in [1.54, 1.807) is 6.07 Å². The molecule has 2 aromatic rings. The number of rotatable bonds is 4. The van der Waals surface area contributed by atoms with E-state index >= 15 is 0 Å². The first-order chi connectivity index (χ1) is 9.79. The van der Waals surface area contributed by atoms with Crippen LogP contribution in [0.1, 0.15) is 29.7 Å². The number of halogens is 1. The monoisotopic (exact) mass is 367 g/mol. The average Bonchev–Trinajstić information content (AvgIpc) is 2.37.